The first kappa shape index (κ1) is 11.5. The smallest absolute Gasteiger partial charge is 0.311 e. The van der Waals surface area contributed by atoms with Gasteiger partial charge in [0.1, 0.15) is 10.8 Å². The number of rotatable bonds is 3. The summed E-state index contributed by atoms with van der Waals surface area (Å²) < 4.78 is 4.58. The standard InChI is InChI=1S/C11H11N3O2S/c1-16-9(15)5-7-6-17-11(14-7)8-3-2-4-13-10(8)12/h2-4,6H,5H2,1H3,(H2,12,13). The molecule has 5 nitrogen and oxygen atoms in total. The van der Waals surface area contributed by atoms with Gasteiger partial charge in [0.2, 0.25) is 0 Å². The van der Waals surface area contributed by atoms with E-state index in [1.165, 1.54) is 18.4 Å². The second-order valence-electron chi connectivity index (χ2n) is 3.33. The van der Waals surface area contributed by atoms with E-state index in [1.807, 2.05) is 11.4 Å². The van der Waals surface area contributed by atoms with Gasteiger partial charge in [-0.3, -0.25) is 4.79 Å². The molecule has 2 N–H and O–H groups in total. The zero-order chi connectivity index (χ0) is 12.3. The Bertz CT molecular complexity index is 539. The van der Waals surface area contributed by atoms with Gasteiger partial charge in [-0.15, -0.1) is 11.3 Å². The summed E-state index contributed by atoms with van der Waals surface area (Å²) in [5.41, 5.74) is 7.22. The van der Waals surface area contributed by atoms with E-state index < -0.39 is 0 Å². The molecule has 6 heteroatoms. The Kier molecular flexibility index (Phi) is 3.34. The average Bonchev–Trinajstić information content (AvgIpc) is 2.78. The molecular formula is C11H11N3O2S. The molecule has 0 aromatic carbocycles. The van der Waals surface area contributed by atoms with Gasteiger partial charge in [0, 0.05) is 11.6 Å². The molecule has 2 aromatic rings. The number of anilines is 1. The monoisotopic (exact) mass is 249 g/mol. The topological polar surface area (TPSA) is 78.1 Å². The van der Waals surface area contributed by atoms with Gasteiger partial charge in [-0.1, -0.05) is 0 Å². The molecule has 0 aliphatic carbocycles. The Hall–Kier alpha value is -1.95. The highest BCUT2D eigenvalue weighted by molar-refractivity contribution is 7.13. The number of nitrogens with zero attached hydrogens (tertiary/aromatic N) is 2. The fraction of sp³-hybridized carbons (Fsp3) is 0.182. The summed E-state index contributed by atoms with van der Waals surface area (Å²) >= 11 is 1.43. The molecule has 2 heterocycles. The first-order valence-electron chi connectivity index (χ1n) is 4.93. The predicted molar refractivity (Wildman–Crippen MR) is 65.5 cm³/mol. The SMILES string of the molecule is COC(=O)Cc1csc(-c2cccnc2N)n1. The highest BCUT2D eigenvalue weighted by Gasteiger charge is 2.10. The average molecular weight is 249 g/mol. The Morgan fingerprint density at radius 2 is 2.41 bits per heavy atom. The Morgan fingerprint density at radius 1 is 1.59 bits per heavy atom. The first-order valence-corrected chi connectivity index (χ1v) is 5.80. The van der Waals surface area contributed by atoms with Gasteiger partial charge in [0.25, 0.3) is 0 Å². The Balaban J connectivity index is 2.24. The van der Waals surface area contributed by atoms with Crippen LogP contribution in [0, 0.1) is 0 Å². The maximum Gasteiger partial charge on any atom is 0.311 e. The van der Waals surface area contributed by atoms with Crippen molar-refractivity contribution in [3.63, 3.8) is 0 Å². The highest BCUT2D eigenvalue weighted by Crippen LogP contribution is 2.27. The molecule has 0 unspecified atom stereocenters. The number of nitrogens with two attached hydrogens (primary N) is 1. The van der Waals surface area contributed by atoms with Crippen LogP contribution in [0.1, 0.15) is 5.69 Å². The zero-order valence-corrected chi connectivity index (χ0v) is 10.0. The fourth-order valence-electron chi connectivity index (χ4n) is 1.33. The van der Waals surface area contributed by atoms with Crippen LogP contribution < -0.4 is 5.73 Å². The lowest BCUT2D eigenvalue weighted by Gasteiger charge is -1.99. The van der Waals surface area contributed by atoms with E-state index in [1.54, 1.807) is 12.3 Å². The molecule has 17 heavy (non-hydrogen) atoms. The molecule has 88 valence electrons. The minimum absolute atomic E-state index is 0.174. The fourth-order valence-corrected chi connectivity index (χ4v) is 2.18. The zero-order valence-electron chi connectivity index (χ0n) is 9.21. The number of esters is 1. The molecule has 0 atom stereocenters. The summed E-state index contributed by atoms with van der Waals surface area (Å²) in [6.07, 6.45) is 1.80. The van der Waals surface area contributed by atoms with E-state index in [9.17, 15) is 4.79 Å². The van der Waals surface area contributed by atoms with Gasteiger partial charge in [-0.05, 0) is 12.1 Å². The number of hydrogen-bond donors (Lipinski definition) is 1. The molecule has 0 amide bonds. The molecule has 2 aromatic heterocycles. The van der Waals surface area contributed by atoms with Gasteiger partial charge in [0.05, 0.1) is 24.8 Å². The molecule has 0 spiro atoms. The van der Waals surface area contributed by atoms with Crippen molar-refractivity contribution in [1.82, 2.24) is 9.97 Å². The van der Waals surface area contributed by atoms with Gasteiger partial charge in [0.15, 0.2) is 0 Å². The molecule has 0 fully saturated rings. The van der Waals surface area contributed by atoms with Crippen LogP contribution in [0.25, 0.3) is 10.6 Å². The lowest BCUT2D eigenvalue weighted by atomic mass is 10.2. The van der Waals surface area contributed by atoms with Crippen LogP contribution in [0.4, 0.5) is 5.82 Å². The summed E-state index contributed by atoms with van der Waals surface area (Å²) in [4.78, 5) is 19.4. The third-order valence-corrected chi connectivity index (χ3v) is 3.10. The molecule has 2 rings (SSSR count). The van der Waals surface area contributed by atoms with Gasteiger partial charge < -0.3 is 10.5 Å². The summed E-state index contributed by atoms with van der Waals surface area (Å²) in [5, 5.41) is 2.58. The summed E-state index contributed by atoms with van der Waals surface area (Å²) in [7, 11) is 1.36. The van der Waals surface area contributed by atoms with Crippen LogP contribution in [0.5, 0.6) is 0 Å². The van der Waals surface area contributed by atoms with Crippen molar-refractivity contribution in [2.24, 2.45) is 0 Å². The van der Waals surface area contributed by atoms with Crippen LogP contribution in [0.2, 0.25) is 0 Å². The van der Waals surface area contributed by atoms with Gasteiger partial charge >= 0.3 is 5.97 Å². The number of pyridine rings is 1. The summed E-state index contributed by atoms with van der Waals surface area (Å²) in [6, 6.07) is 3.65. The number of methoxy groups -OCH3 is 1. The molecule has 0 radical (unpaired) electrons. The largest absolute Gasteiger partial charge is 0.469 e. The van der Waals surface area contributed by atoms with Crippen molar-refractivity contribution >= 4 is 23.1 Å². The van der Waals surface area contributed by atoms with Gasteiger partial charge in [-0.25, -0.2) is 9.97 Å². The molecule has 0 bridgehead atoms. The van der Waals surface area contributed by atoms with Crippen LogP contribution in [-0.2, 0) is 16.0 Å². The summed E-state index contributed by atoms with van der Waals surface area (Å²) in [6.45, 7) is 0. The molecule has 0 aliphatic heterocycles. The van der Waals surface area contributed by atoms with Crippen LogP contribution in [0.3, 0.4) is 0 Å². The maximum atomic E-state index is 11.1. The quantitative estimate of drug-likeness (QED) is 0.834. The first-order chi connectivity index (χ1) is 8.20. The predicted octanol–water partition coefficient (Wildman–Crippen LogP) is 1.50. The molecule has 0 saturated carbocycles. The Morgan fingerprint density at radius 3 is 3.12 bits per heavy atom. The lowest BCUT2D eigenvalue weighted by molar-refractivity contribution is -0.139. The number of carbonyl (C=O) groups is 1. The number of carbonyl (C=O) groups excluding carboxylic acids is 1. The van der Waals surface area contributed by atoms with E-state index in [-0.39, 0.29) is 12.4 Å². The molecule has 0 saturated heterocycles. The van der Waals surface area contributed by atoms with E-state index in [4.69, 9.17) is 5.73 Å². The van der Waals surface area contributed by atoms with Crippen LogP contribution in [0.15, 0.2) is 23.7 Å². The maximum absolute atomic E-state index is 11.1. The van der Waals surface area contributed by atoms with Crippen molar-refractivity contribution < 1.29 is 9.53 Å². The van der Waals surface area contributed by atoms with Crippen molar-refractivity contribution in [3.05, 3.63) is 29.4 Å². The number of thiazole rings is 1. The highest BCUT2D eigenvalue weighted by atomic mass is 32.1. The minimum Gasteiger partial charge on any atom is -0.469 e. The molecule has 0 aliphatic rings. The summed E-state index contributed by atoms with van der Waals surface area (Å²) in [5.74, 6) is 0.132. The van der Waals surface area contributed by atoms with E-state index in [0.29, 0.717) is 11.5 Å². The second-order valence-corrected chi connectivity index (χ2v) is 4.19. The number of ether oxygens (including phenoxy) is 1. The van der Waals surface area contributed by atoms with E-state index in [0.717, 1.165) is 10.6 Å². The van der Waals surface area contributed by atoms with Crippen molar-refractivity contribution in [2.45, 2.75) is 6.42 Å². The van der Waals surface area contributed by atoms with Crippen molar-refractivity contribution in [2.75, 3.05) is 12.8 Å². The number of hydrogen-bond acceptors (Lipinski definition) is 6. The minimum atomic E-state index is -0.305. The van der Waals surface area contributed by atoms with Gasteiger partial charge in [-0.2, -0.15) is 0 Å². The Labute approximate surface area is 102 Å². The number of aromatic nitrogens is 2. The van der Waals surface area contributed by atoms with Crippen molar-refractivity contribution in [3.8, 4) is 10.6 Å². The van der Waals surface area contributed by atoms with Crippen LogP contribution >= 0.6 is 11.3 Å². The lowest BCUT2D eigenvalue weighted by Crippen LogP contribution is -2.04. The molecular weight excluding hydrogens is 238 g/mol. The van der Waals surface area contributed by atoms with E-state index >= 15 is 0 Å². The third kappa shape index (κ3) is 2.59. The second kappa shape index (κ2) is 4.92. The normalized spacial score (nSPS) is 10.2. The van der Waals surface area contributed by atoms with E-state index in [2.05, 4.69) is 14.7 Å². The van der Waals surface area contributed by atoms with Crippen LogP contribution in [-0.4, -0.2) is 23.0 Å². The third-order valence-electron chi connectivity index (χ3n) is 2.17. The number of nitrogen functional groups attached to an aromatic ring is 1. The van der Waals surface area contributed by atoms with Crippen molar-refractivity contribution in [1.29, 1.82) is 0 Å².